The Hall–Kier alpha value is -3.61. The molecule has 0 fully saturated rings. The highest BCUT2D eigenvalue weighted by Crippen LogP contribution is 2.16. The van der Waals surface area contributed by atoms with Gasteiger partial charge in [0.1, 0.15) is 17.4 Å². The standard InChI is InChI=1S/C22H24BN3O5/c1-25-22(28)18(15-24)12-17-8-5-9-19(13-17)31-11-10-21(27)26-20(23(29)30)14-16-6-3-2-4-7-16/h2-9,12-13,20,29-30H,10-11,14H2,1H3,(H,25,28)(H,26,27)/t20-/m0/s1. The number of likely N-dealkylation sites (N-methyl/N-ethyl adjacent to an activating group) is 1. The molecule has 31 heavy (non-hydrogen) atoms. The molecule has 0 spiro atoms. The van der Waals surface area contributed by atoms with Gasteiger partial charge in [0.05, 0.1) is 19.0 Å². The number of amides is 2. The Bertz CT molecular complexity index is 957. The van der Waals surface area contributed by atoms with Gasteiger partial charge in [-0.3, -0.25) is 9.59 Å². The SMILES string of the molecule is CNC(=O)C(C#N)=Cc1cccc(OCCC(=O)N[C@@H](Cc2ccccc2)B(O)O)c1. The Morgan fingerprint density at radius 1 is 1.19 bits per heavy atom. The molecule has 2 rings (SSSR count). The van der Waals surface area contributed by atoms with E-state index in [0.29, 0.717) is 11.3 Å². The molecule has 2 amide bonds. The first kappa shape index (κ1) is 23.7. The zero-order valence-electron chi connectivity index (χ0n) is 17.1. The van der Waals surface area contributed by atoms with Gasteiger partial charge in [0.2, 0.25) is 5.91 Å². The minimum atomic E-state index is -1.69. The lowest BCUT2D eigenvalue weighted by Gasteiger charge is -2.18. The largest absolute Gasteiger partial charge is 0.493 e. The molecular formula is C22H24BN3O5. The number of hydrogen-bond donors (Lipinski definition) is 4. The lowest BCUT2D eigenvalue weighted by molar-refractivity contribution is -0.122. The number of nitriles is 1. The van der Waals surface area contributed by atoms with Crippen LogP contribution in [0.15, 0.2) is 60.2 Å². The third kappa shape index (κ3) is 7.97. The lowest BCUT2D eigenvalue weighted by atomic mass is 9.76. The van der Waals surface area contributed by atoms with E-state index in [1.165, 1.54) is 13.1 Å². The molecule has 0 aliphatic rings. The molecule has 1 atom stereocenters. The molecule has 2 aromatic carbocycles. The van der Waals surface area contributed by atoms with Crippen LogP contribution in [0.25, 0.3) is 6.08 Å². The van der Waals surface area contributed by atoms with Crippen molar-refractivity contribution in [2.24, 2.45) is 0 Å². The predicted octanol–water partition coefficient (Wildman–Crippen LogP) is 0.848. The van der Waals surface area contributed by atoms with E-state index in [0.717, 1.165) is 5.56 Å². The fourth-order valence-electron chi connectivity index (χ4n) is 2.78. The molecule has 0 aliphatic carbocycles. The van der Waals surface area contributed by atoms with Crippen molar-refractivity contribution < 1.29 is 24.4 Å². The monoisotopic (exact) mass is 421 g/mol. The maximum atomic E-state index is 12.2. The molecular weight excluding hydrogens is 397 g/mol. The van der Waals surface area contributed by atoms with E-state index < -0.39 is 19.0 Å². The minimum absolute atomic E-state index is 0.0137. The summed E-state index contributed by atoms with van der Waals surface area (Å²) in [6.07, 6.45) is 1.74. The van der Waals surface area contributed by atoms with E-state index in [2.05, 4.69) is 10.6 Å². The summed E-state index contributed by atoms with van der Waals surface area (Å²) in [6.45, 7) is 0.0686. The fraction of sp³-hybridized carbons (Fsp3) is 0.227. The van der Waals surface area contributed by atoms with Crippen LogP contribution in [0, 0.1) is 11.3 Å². The quantitative estimate of drug-likeness (QED) is 0.256. The Balaban J connectivity index is 1.89. The van der Waals surface area contributed by atoms with Gasteiger partial charge in [-0.25, -0.2) is 0 Å². The van der Waals surface area contributed by atoms with E-state index in [1.807, 2.05) is 36.4 Å². The van der Waals surface area contributed by atoms with Crippen molar-refractivity contribution in [3.8, 4) is 11.8 Å². The third-order valence-corrected chi connectivity index (χ3v) is 4.36. The summed E-state index contributed by atoms with van der Waals surface area (Å²) < 4.78 is 5.58. The molecule has 0 saturated heterocycles. The van der Waals surface area contributed by atoms with Crippen LogP contribution < -0.4 is 15.4 Å². The molecule has 0 unspecified atom stereocenters. The first-order valence-corrected chi connectivity index (χ1v) is 9.69. The Morgan fingerprint density at radius 3 is 2.58 bits per heavy atom. The van der Waals surface area contributed by atoms with Gasteiger partial charge in [0.15, 0.2) is 0 Å². The zero-order chi connectivity index (χ0) is 22.6. The second-order valence-corrected chi connectivity index (χ2v) is 6.70. The molecule has 0 bridgehead atoms. The number of nitrogens with zero attached hydrogens (tertiary/aromatic N) is 1. The van der Waals surface area contributed by atoms with Crippen LogP contribution in [0.3, 0.4) is 0 Å². The van der Waals surface area contributed by atoms with E-state index in [9.17, 15) is 19.6 Å². The molecule has 9 heteroatoms. The van der Waals surface area contributed by atoms with Crippen LogP contribution in [0.5, 0.6) is 5.75 Å². The summed E-state index contributed by atoms with van der Waals surface area (Å²) in [4.78, 5) is 23.8. The Labute approximate surface area is 181 Å². The van der Waals surface area contributed by atoms with Crippen LogP contribution >= 0.6 is 0 Å². The lowest BCUT2D eigenvalue weighted by Crippen LogP contribution is -2.48. The highest BCUT2D eigenvalue weighted by molar-refractivity contribution is 6.43. The van der Waals surface area contributed by atoms with E-state index >= 15 is 0 Å². The predicted molar refractivity (Wildman–Crippen MR) is 116 cm³/mol. The summed E-state index contributed by atoms with van der Waals surface area (Å²) in [5.41, 5.74) is 1.44. The van der Waals surface area contributed by atoms with E-state index in [1.54, 1.807) is 24.3 Å². The first-order valence-electron chi connectivity index (χ1n) is 9.69. The van der Waals surface area contributed by atoms with Crippen LogP contribution in [-0.4, -0.2) is 48.6 Å². The number of carbonyl (C=O) groups is 2. The number of carbonyl (C=O) groups excluding carboxylic acids is 2. The number of benzene rings is 2. The average Bonchev–Trinajstić information content (AvgIpc) is 2.77. The van der Waals surface area contributed by atoms with Gasteiger partial charge in [0.25, 0.3) is 5.91 Å². The number of hydrogen-bond acceptors (Lipinski definition) is 6. The van der Waals surface area contributed by atoms with Gasteiger partial charge in [-0.2, -0.15) is 5.26 Å². The van der Waals surface area contributed by atoms with Crippen LogP contribution in [-0.2, 0) is 16.0 Å². The van der Waals surface area contributed by atoms with E-state index in [4.69, 9.17) is 10.00 Å². The number of rotatable bonds is 10. The summed E-state index contributed by atoms with van der Waals surface area (Å²) in [6, 6.07) is 17.8. The smallest absolute Gasteiger partial charge is 0.475 e. The molecule has 0 radical (unpaired) electrons. The molecule has 160 valence electrons. The maximum absolute atomic E-state index is 12.2. The second kappa shape index (κ2) is 12.2. The first-order chi connectivity index (χ1) is 14.9. The van der Waals surface area contributed by atoms with Gasteiger partial charge in [-0.1, -0.05) is 42.5 Å². The second-order valence-electron chi connectivity index (χ2n) is 6.70. The summed E-state index contributed by atoms with van der Waals surface area (Å²) in [5.74, 6) is -1.23. The topological polar surface area (TPSA) is 132 Å². The normalized spacial score (nSPS) is 11.7. The van der Waals surface area contributed by atoms with Gasteiger partial charge in [-0.05, 0) is 35.8 Å². The van der Waals surface area contributed by atoms with E-state index in [-0.39, 0.29) is 30.9 Å². The molecule has 0 heterocycles. The van der Waals surface area contributed by atoms with Crippen LogP contribution in [0.1, 0.15) is 17.5 Å². The maximum Gasteiger partial charge on any atom is 0.475 e. The molecule has 4 N–H and O–H groups in total. The van der Waals surface area contributed by atoms with Crippen molar-refractivity contribution in [1.82, 2.24) is 10.6 Å². The molecule has 0 aliphatic heterocycles. The molecule has 0 aromatic heterocycles. The van der Waals surface area contributed by atoms with Crippen LogP contribution in [0.4, 0.5) is 0 Å². The van der Waals surface area contributed by atoms with Gasteiger partial charge >= 0.3 is 7.12 Å². The van der Waals surface area contributed by atoms with Gasteiger partial charge in [-0.15, -0.1) is 0 Å². The van der Waals surface area contributed by atoms with Crippen molar-refractivity contribution >= 4 is 25.0 Å². The van der Waals surface area contributed by atoms with Crippen molar-refractivity contribution in [2.75, 3.05) is 13.7 Å². The molecule has 8 nitrogen and oxygen atoms in total. The zero-order valence-corrected chi connectivity index (χ0v) is 17.1. The Morgan fingerprint density at radius 2 is 1.94 bits per heavy atom. The van der Waals surface area contributed by atoms with Crippen LogP contribution in [0.2, 0.25) is 0 Å². The summed E-state index contributed by atoms with van der Waals surface area (Å²) in [7, 11) is -0.249. The highest BCUT2D eigenvalue weighted by atomic mass is 16.5. The van der Waals surface area contributed by atoms with Crippen molar-refractivity contribution in [3.05, 3.63) is 71.3 Å². The van der Waals surface area contributed by atoms with Gasteiger partial charge in [0, 0.05) is 7.05 Å². The average molecular weight is 421 g/mol. The highest BCUT2D eigenvalue weighted by Gasteiger charge is 2.25. The van der Waals surface area contributed by atoms with Gasteiger partial charge < -0.3 is 25.4 Å². The molecule has 2 aromatic rings. The fourth-order valence-corrected chi connectivity index (χ4v) is 2.78. The summed E-state index contributed by atoms with van der Waals surface area (Å²) in [5, 5.41) is 33.2. The third-order valence-electron chi connectivity index (χ3n) is 4.36. The van der Waals surface area contributed by atoms with Crippen molar-refractivity contribution in [1.29, 1.82) is 5.26 Å². The van der Waals surface area contributed by atoms with Crippen molar-refractivity contribution in [3.63, 3.8) is 0 Å². The number of nitrogens with one attached hydrogen (secondary N) is 2. The number of ether oxygens (including phenoxy) is 1. The summed E-state index contributed by atoms with van der Waals surface area (Å²) >= 11 is 0. The minimum Gasteiger partial charge on any atom is -0.493 e. The Kier molecular flexibility index (Phi) is 9.30. The molecule has 0 saturated carbocycles. The van der Waals surface area contributed by atoms with Crippen molar-refractivity contribution in [2.45, 2.75) is 18.8 Å².